The molecule has 0 saturated carbocycles. The van der Waals surface area contributed by atoms with Gasteiger partial charge in [0.15, 0.2) is 6.29 Å². The number of carbonyl (C=O) groups is 1. The van der Waals surface area contributed by atoms with E-state index >= 15 is 0 Å². The maximum atomic E-state index is 12.0. The largest absolute Gasteiger partial charge is 0.423 e. The zero-order chi connectivity index (χ0) is 15.2. The molecule has 2 rings (SSSR count). The van der Waals surface area contributed by atoms with Gasteiger partial charge < -0.3 is 14.6 Å². The van der Waals surface area contributed by atoms with Crippen LogP contribution in [-0.4, -0.2) is 18.2 Å². The first-order valence-electron chi connectivity index (χ1n) is 6.76. The molecule has 0 aliphatic rings. The summed E-state index contributed by atoms with van der Waals surface area (Å²) in [5.41, 5.74) is 2.28. The second-order valence-electron chi connectivity index (χ2n) is 4.60. The van der Waals surface area contributed by atoms with Gasteiger partial charge in [0.2, 0.25) is 0 Å². The van der Waals surface area contributed by atoms with Gasteiger partial charge in [0.1, 0.15) is 5.75 Å². The molecule has 0 fully saturated rings. The van der Waals surface area contributed by atoms with Crippen molar-refractivity contribution in [3.8, 4) is 5.75 Å². The third kappa shape index (κ3) is 3.90. The van der Waals surface area contributed by atoms with Crippen LogP contribution in [0.2, 0.25) is 0 Å². The van der Waals surface area contributed by atoms with Crippen LogP contribution >= 0.6 is 0 Å². The van der Waals surface area contributed by atoms with Crippen molar-refractivity contribution in [3.63, 3.8) is 0 Å². The van der Waals surface area contributed by atoms with Crippen molar-refractivity contribution in [2.24, 2.45) is 0 Å². The maximum absolute atomic E-state index is 12.0. The van der Waals surface area contributed by atoms with E-state index in [2.05, 4.69) is 6.92 Å². The Morgan fingerprint density at radius 2 is 1.71 bits per heavy atom. The van der Waals surface area contributed by atoms with E-state index < -0.39 is 12.3 Å². The standard InChI is InChI=1S/C17H18O4/c1-3-12-4-6-14(7-5-12)17(19)21-15-10-8-13(9-11-15)16(18)20-2/h4-11,16,18H,3H2,1-2H3. The van der Waals surface area contributed by atoms with Crippen molar-refractivity contribution in [1.29, 1.82) is 0 Å². The zero-order valence-corrected chi connectivity index (χ0v) is 12.1. The van der Waals surface area contributed by atoms with Gasteiger partial charge in [0, 0.05) is 12.7 Å². The van der Waals surface area contributed by atoms with Crippen LogP contribution < -0.4 is 4.74 Å². The lowest BCUT2D eigenvalue weighted by Crippen LogP contribution is -2.08. The van der Waals surface area contributed by atoms with Crippen LogP contribution in [0, 0.1) is 0 Å². The molecule has 4 nitrogen and oxygen atoms in total. The fourth-order valence-electron chi connectivity index (χ4n) is 1.88. The molecule has 0 bridgehead atoms. The van der Waals surface area contributed by atoms with Gasteiger partial charge in [-0.2, -0.15) is 0 Å². The summed E-state index contributed by atoms with van der Waals surface area (Å²) in [6, 6.07) is 13.9. The summed E-state index contributed by atoms with van der Waals surface area (Å²) in [5.74, 6) is 0.0179. The Morgan fingerprint density at radius 3 is 2.24 bits per heavy atom. The first-order valence-corrected chi connectivity index (χ1v) is 6.76. The molecular weight excluding hydrogens is 268 g/mol. The molecule has 1 atom stereocenters. The molecule has 0 heterocycles. The smallest absolute Gasteiger partial charge is 0.343 e. The summed E-state index contributed by atoms with van der Waals surface area (Å²) in [4.78, 5) is 12.0. The third-order valence-electron chi connectivity index (χ3n) is 3.20. The Labute approximate surface area is 123 Å². The highest BCUT2D eigenvalue weighted by atomic mass is 16.6. The fraction of sp³-hybridized carbons (Fsp3) is 0.235. The van der Waals surface area contributed by atoms with Crippen LogP contribution in [0.5, 0.6) is 5.75 Å². The van der Waals surface area contributed by atoms with Crippen molar-refractivity contribution in [3.05, 3.63) is 65.2 Å². The van der Waals surface area contributed by atoms with E-state index in [9.17, 15) is 9.90 Å². The molecule has 110 valence electrons. The Balaban J connectivity index is 2.04. The van der Waals surface area contributed by atoms with E-state index in [1.165, 1.54) is 12.7 Å². The van der Waals surface area contributed by atoms with Crippen molar-refractivity contribution >= 4 is 5.97 Å². The minimum absolute atomic E-state index is 0.405. The lowest BCUT2D eigenvalue weighted by atomic mass is 10.1. The molecule has 1 N–H and O–H groups in total. The summed E-state index contributed by atoms with van der Waals surface area (Å²) in [7, 11) is 1.42. The molecule has 0 amide bonds. The normalized spacial score (nSPS) is 12.0. The van der Waals surface area contributed by atoms with Gasteiger partial charge in [-0.15, -0.1) is 0 Å². The number of esters is 1. The van der Waals surface area contributed by atoms with Gasteiger partial charge in [-0.05, 0) is 36.2 Å². The predicted octanol–water partition coefficient (Wildman–Crippen LogP) is 3.11. The Hall–Kier alpha value is -2.17. The highest BCUT2D eigenvalue weighted by Crippen LogP contribution is 2.19. The van der Waals surface area contributed by atoms with Gasteiger partial charge in [0.05, 0.1) is 5.56 Å². The number of aryl methyl sites for hydroxylation is 1. The number of rotatable bonds is 5. The molecule has 1 unspecified atom stereocenters. The van der Waals surface area contributed by atoms with E-state index in [0.29, 0.717) is 16.9 Å². The number of aliphatic hydroxyl groups excluding tert-OH is 1. The molecule has 21 heavy (non-hydrogen) atoms. The van der Waals surface area contributed by atoms with Gasteiger partial charge in [-0.3, -0.25) is 0 Å². The highest BCUT2D eigenvalue weighted by Gasteiger charge is 2.10. The van der Waals surface area contributed by atoms with Crippen LogP contribution in [0.4, 0.5) is 0 Å². The van der Waals surface area contributed by atoms with E-state index in [1.54, 1.807) is 36.4 Å². The number of hydrogen-bond donors (Lipinski definition) is 1. The number of hydrogen-bond acceptors (Lipinski definition) is 4. The minimum Gasteiger partial charge on any atom is -0.423 e. The molecule has 0 radical (unpaired) electrons. The van der Waals surface area contributed by atoms with E-state index in [1.807, 2.05) is 12.1 Å². The lowest BCUT2D eigenvalue weighted by molar-refractivity contribution is -0.0769. The summed E-state index contributed by atoms with van der Waals surface area (Å²) in [6.45, 7) is 2.06. The summed E-state index contributed by atoms with van der Waals surface area (Å²) < 4.78 is 10.1. The average Bonchev–Trinajstić information content (AvgIpc) is 2.55. The zero-order valence-electron chi connectivity index (χ0n) is 12.1. The second-order valence-corrected chi connectivity index (χ2v) is 4.60. The SMILES string of the molecule is CCc1ccc(C(=O)Oc2ccc(C(O)OC)cc2)cc1. The summed E-state index contributed by atoms with van der Waals surface area (Å²) in [5, 5.41) is 9.50. The summed E-state index contributed by atoms with van der Waals surface area (Å²) >= 11 is 0. The van der Waals surface area contributed by atoms with Gasteiger partial charge in [-0.1, -0.05) is 31.2 Å². The van der Waals surface area contributed by atoms with Crippen molar-refractivity contribution in [2.75, 3.05) is 7.11 Å². The van der Waals surface area contributed by atoms with Gasteiger partial charge in [0.25, 0.3) is 0 Å². The van der Waals surface area contributed by atoms with Crippen LogP contribution in [0.1, 0.15) is 34.7 Å². The molecule has 0 aromatic heterocycles. The van der Waals surface area contributed by atoms with Crippen molar-refractivity contribution in [2.45, 2.75) is 19.6 Å². The minimum atomic E-state index is -0.976. The summed E-state index contributed by atoms with van der Waals surface area (Å²) in [6.07, 6.45) is -0.0464. The molecule has 2 aromatic rings. The average molecular weight is 286 g/mol. The van der Waals surface area contributed by atoms with E-state index in [4.69, 9.17) is 9.47 Å². The quantitative estimate of drug-likeness (QED) is 0.521. The van der Waals surface area contributed by atoms with Gasteiger partial charge in [-0.25, -0.2) is 4.79 Å². The monoisotopic (exact) mass is 286 g/mol. The highest BCUT2D eigenvalue weighted by molar-refractivity contribution is 5.91. The number of aliphatic hydroxyl groups is 1. The van der Waals surface area contributed by atoms with E-state index in [0.717, 1.165) is 6.42 Å². The Kier molecular flexibility index (Phi) is 5.09. The van der Waals surface area contributed by atoms with Crippen LogP contribution in [0.3, 0.4) is 0 Å². The maximum Gasteiger partial charge on any atom is 0.343 e. The van der Waals surface area contributed by atoms with Crippen LogP contribution in [-0.2, 0) is 11.2 Å². The number of benzene rings is 2. The van der Waals surface area contributed by atoms with Crippen molar-refractivity contribution < 1.29 is 19.4 Å². The molecule has 0 aliphatic heterocycles. The Bertz CT molecular complexity index is 587. The van der Waals surface area contributed by atoms with Crippen molar-refractivity contribution in [1.82, 2.24) is 0 Å². The van der Waals surface area contributed by atoms with E-state index in [-0.39, 0.29) is 0 Å². The van der Waals surface area contributed by atoms with Gasteiger partial charge >= 0.3 is 5.97 Å². The topological polar surface area (TPSA) is 55.8 Å². The molecule has 0 aliphatic carbocycles. The molecule has 2 aromatic carbocycles. The molecular formula is C17H18O4. The number of methoxy groups -OCH3 is 1. The van der Waals surface area contributed by atoms with Crippen LogP contribution in [0.25, 0.3) is 0 Å². The third-order valence-corrected chi connectivity index (χ3v) is 3.20. The Morgan fingerprint density at radius 1 is 1.10 bits per heavy atom. The first kappa shape index (κ1) is 15.2. The second kappa shape index (κ2) is 7.02. The lowest BCUT2D eigenvalue weighted by Gasteiger charge is -2.09. The van der Waals surface area contributed by atoms with Crippen LogP contribution in [0.15, 0.2) is 48.5 Å². The number of carbonyl (C=O) groups excluding carboxylic acids is 1. The predicted molar refractivity (Wildman–Crippen MR) is 79.2 cm³/mol. The molecule has 0 spiro atoms. The first-order chi connectivity index (χ1) is 10.1. The number of ether oxygens (including phenoxy) is 2. The fourth-order valence-corrected chi connectivity index (χ4v) is 1.88. The molecule has 4 heteroatoms. The molecule has 0 saturated heterocycles.